The molecule has 0 saturated heterocycles. The molecule has 0 bridgehead atoms. The van der Waals surface area contributed by atoms with Crippen LogP contribution < -0.4 is 11.1 Å². The third kappa shape index (κ3) is 4.82. The van der Waals surface area contributed by atoms with Gasteiger partial charge in [0.05, 0.1) is 29.7 Å². The molecule has 0 aliphatic heterocycles. The number of hydrogen-bond donors (Lipinski definition) is 2. The van der Waals surface area contributed by atoms with Gasteiger partial charge in [0.25, 0.3) is 0 Å². The predicted octanol–water partition coefficient (Wildman–Crippen LogP) is 2.91. The van der Waals surface area contributed by atoms with E-state index in [1.54, 1.807) is 13.0 Å². The predicted molar refractivity (Wildman–Crippen MR) is 99.4 cm³/mol. The smallest absolute Gasteiger partial charge is 0.383 e. The molecule has 154 valence electrons. The molecule has 2 heterocycles. The zero-order valence-corrected chi connectivity index (χ0v) is 15.7. The molecule has 0 radical (unpaired) electrons. The number of aryl methyl sites for hydroxylation is 1. The SMILES string of the molecule is Cc1cc(NC(=O)C(=O)N(Cc2ccc(C(F)(F)F)cn2)C2CCC2)cnc1N. The molecule has 0 unspecified atom stereocenters. The number of nitrogens with two attached hydrogens (primary N) is 1. The molecule has 0 spiro atoms. The molecular formula is C19H20F3N5O2. The van der Waals surface area contributed by atoms with Crippen molar-refractivity contribution >= 4 is 23.3 Å². The Bertz CT molecular complexity index is 911. The fourth-order valence-electron chi connectivity index (χ4n) is 2.89. The zero-order valence-electron chi connectivity index (χ0n) is 15.7. The highest BCUT2D eigenvalue weighted by atomic mass is 19.4. The minimum absolute atomic E-state index is 0.0475. The van der Waals surface area contributed by atoms with Crippen molar-refractivity contribution in [3.8, 4) is 0 Å². The molecular weight excluding hydrogens is 387 g/mol. The molecule has 0 atom stereocenters. The number of amides is 2. The van der Waals surface area contributed by atoms with Gasteiger partial charge in [0.15, 0.2) is 0 Å². The largest absolute Gasteiger partial charge is 0.417 e. The van der Waals surface area contributed by atoms with Gasteiger partial charge in [-0.3, -0.25) is 14.6 Å². The van der Waals surface area contributed by atoms with E-state index in [0.29, 0.717) is 17.1 Å². The second-order valence-electron chi connectivity index (χ2n) is 6.93. The maximum atomic E-state index is 12.7. The van der Waals surface area contributed by atoms with Crippen molar-refractivity contribution in [3.63, 3.8) is 0 Å². The molecule has 10 heteroatoms. The first kappa shape index (κ1) is 20.6. The van der Waals surface area contributed by atoms with Crippen LogP contribution in [0.15, 0.2) is 30.6 Å². The minimum Gasteiger partial charge on any atom is -0.383 e. The van der Waals surface area contributed by atoms with E-state index in [1.807, 2.05) is 0 Å². The van der Waals surface area contributed by atoms with Gasteiger partial charge in [0.1, 0.15) is 5.82 Å². The fourth-order valence-corrected chi connectivity index (χ4v) is 2.89. The number of halogens is 3. The number of aromatic nitrogens is 2. The zero-order chi connectivity index (χ0) is 21.2. The van der Waals surface area contributed by atoms with Crippen molar-refractivity contribution in [1.29, 1.82) is 0 Å². The second-order valence-corrected chi connectivity index (χ2v) is 6.93. The van der Waals surface area contributed by atoms with Crippen molar-refractivity contribution in [3.05, 3.63) is 47.4 Å². The normalized spacial score (nSPS) is 14.2. The maximum absolute atomic E-state index is 12.7. The van der Waals surface area contributed by atoms with Crippen LogP contribution in [0.25, 0.3) is 0 Å². The number of pyridine rings is 2. The van der Waals surface area contributed by atoms with Gasteiger partial charge in [0, 0.05) is 12.2 Å². The summed E-state index contributed by atoms with van der Waals surface area (Å²) in [7, 11) is 0. The van der Waals surface area contributed by atoms with Gasteiger partial charge in [-0.2, -0.15) is 13.2 Å². The molecule has 1 saturated carbocycles. The van der Waals surface area contributed by atoms with Crippen LogP contribution in [0, 0.1) is 6.92 Å². The molecule has 2 aromatic heterocycles. The van der Waals surface area contributed by atoms with Gasteiger partial charge in [0.2, 0.25) is 0 Å². The molecule has 2 aromatic rings. The molecule has 7 nitrogen and oxygen atoms in total. The standard InChI is InChI=1S/C19H20F3N5O2/c1-11-7-14(9-25-16(11)23)26-17(28)18(29)27(15-3-2-4-15)10-13-6-5-12(8-24-13)19(20,21)22/h5-9,15H,2-4,10H2,1H3,(H2,23,25)(H,26,28). The highest BCUT2D eigenvalue weighted by Gasteiger charge is 2.34. The number of anilines is 2. The van der Waals surface area contributed by atoms with E-state index in [9.17, 15) is 22.8 Å². The molecule has 29 heavy (non-hydrogen) atoms. The van der Waals surface area contributed by atoms with Crippen LogP contribution in [0.4, 0.5) is 24.7 Å². The minimum atomic E-state index is -4.49. The van der Waals surface area contributed by atoms with Crippen LogP contribution in [0.1, 0.15) is 36.1 Å². The first-order chi connectivity index (χ1) is 13.6. The average molecular weight is 407 g/mol. The molecule has 3 N–H and O–H groups in total. The Hall–Kier alpha value is -3.17. The van der Waals surface area contributed by atoms with Crippen LogP contribution in [-0.2, 0) is 22.3 Å². The summed E-state index contributed by atoms with van der Waals surface area (Å²) in [4.78, 5) is 34.3. The van der Waals surface area contributed by atoms with Crippen molar-refractivity contribution in [2.24, 2.45) is 0 Å². The van der Waals surface area contributed by atoms with Crippen molar-refractivity contribution in [2.75, 3.05) is 11.1 Å². The monoisotopic (exact) mass is 407 g/mol. The number of nitrogen functional groups attached to an aromatic ring is 1. The quantitative estimate of drug-likeness (QED) is 0.759. The second kappa shape index (κ2) is 8.06. The number of carbonyl (C=O) groups excluding carboxylic acids is 2. The first-order valence-corrected chi connectivity index (χ1v) is 9.01. The molecule has 2 amide bonds. The number of rotatable bonds is 4. The number of nitrogens with zero attached hydrogens (tertiary/aromatic N) is 3. The van der Waals surface area contributed by atoms with Crippen molar-refractivity contribution < 1.29 is 22.8 Å². The van der Waals surface area contributed by atoms with Crippen LogP contribution in [0.2, 0.25) is 0 Å². The Morgan fingerprint density at radius 3 is 2.48 bits per heavy atom. The van der Waals surface area contributed by atoms with E-state index in [4.69, 9.17) is 5.73 Å². The van der Waals surface area contributed by atoms with Crippen LogP contribution in [-0.4, -0.2) is 32.7 Å². The molecule has 0 aromatic carbocycles. The lowest BCUT2D eigenvalue weighted by molar-refractivity contribution is -0.146. The lowest BCUT2D eigenvalue weighted by atomic mass is 9.91. The van der Waals surface area contributed by atoms with Crippen molar-refractivity contribution in [1.82, 2.24) is 14.9 Å². The topological polar surface area (TPSA) is 101 Å². The Kier molecular flexibility index (Phi) is 5.71. The molecule has 1 fully saturated rings. The van der Waals surface area contributed by atoms with E-state index in [1.165, 1.54) is 17.2 Å². The van der Waals surface area contributed by atoms with Crippen LogP contribution >= 0.6 is 0 Å². The summed E-state index contributed by atoms with van der Waals surface area (Å²) in [5, 5.41) is 2.49. The van der Waals surface area contributed by atoms with E-state index in [-0.39, 0.29) is 18.3 Å². The summed E-state index contributed by atoms with van der Waals surface area (Å²) in [6, 6.07) is 3.57. The molecule has 1 aliphatic carbocycles. The highest BCUT2D eigenvalue weighted by Crippen LogP contribution is 2.29. The number of carbonyl (C=O) groups is 2. The van der Waals surface area contributed by atoms with Gasteiger partial charge in [-0.1, -0.05) is 0 Å². The van der Waals surface area contributed by atoms with E-state index in [2.05, 4.69) is 15.3 Å². The maximum Gasteiger partial charge on any atom is 0.417 e. The number of hydrogen-bond acceptors (Lipinski definition) is 5. The fraction of sp³-hybridized carbons (Fsp3) is 0.368. The van der Waals surface area contributed by atoms with Gasteiger partial charge >= 0.3 is 18.0 Å². The third-order valence-corrected chi connectivity index (χ3v) is 4.83. The summed E-state index contributed by atoms with van der Waals surface area (Å²) in [5.74, 6) is -1.31. The average Bonchev–Trinajstić information content (AvgIpc) is 2.62. The summed E-state index contributed by atoms with van der Waals surface area (Å²) in [6.45, 7) is 1.67. The summed E-state index contributed by atoms with van der Waals surface area (Å²) >= 11 is 0. The van der Waals surface area contributed by atoms with Crippen molar-refractivity contribution in [2.45, 2.75) is 44.9 Å². The highest BCUT2D eigenvalue weighted by molar-refractivity contribution is 6.39. The summed E-state index contributed by atoms with van der Waals surface area (Å²) < 4.78 is 38.1. The Balaban J connectivity index is 1.73. The summed E-state index contributed by atoms with van der Waals surface area (Å²) in [5.41, 5.74) is 6.03. The van der Waals surface area contributed by atoms with Crippen LogP contribution in [0.3, 0.4) is 0 Å². The van der Waals surface area contributed by atoms with Gasteiger partial charge < -0.3 is 16.0 Å². The Labute approximate surface area is 165 Å². The lowest BCUT2D eigenvalue weighted by Crippen LogP contribution is -2.48. The van der Waals surface area contributed by atoms with Gasteiger partial charge in [-0.05, 0) is 49.9 Å². The van der Waals surface area contributed by atoms with Gasteiger partial charge in [-0.15, -0.1) is 0 Å². The third-order valence-electron chi connectivity index (χ3n) is 4.83. The van der Waals surface area contributed by atoms with Gasteiger partial charge in [-0.25, -0.2) is 4.98 Å². The van der Waals surface area contributed by atoms with E-state index >= 15 is 0 Å². The lowest BCUT2D eigenvalue weighted by Gasteiger charge is -2.37. The molecule has 1 aliphatic rings. The Morgan fingerprint density at radius 2 is 1.97 bits per heavy atom. The molecule has 3 rings (SSSR count). The number of nitrogens with one attached hydrogen (secondary N) is 1. The first-order valence-electron chi connectivity index (χ1n) is 9.01. The van der Waals surface area contributed by atoms with Crippen LogP contribution in [0.5, 0.6) is 0 Å². The van der Waals surface area contributed by atoms with E-state index < -0.39 is 23.6 Å². The number of alkyl halides is 3. The van der Waals surface area contributed by atoms with E-state index in [0.717, 1.165) is 31.5 Å². The Morgan fingerprint density at radius 1 is 1.24 bits per heavy atom. The summed E-state index contributed by atoms with van der Waals surface area (Å²) in [6.07, 6.45) is -0.0532.